The van der Waals surface area contributed by atoms with Gasteiger partial charge >= 0.3 is 11.9 Å². The Kier molecular flexibility index (Phi) is 8.22. The maximum absolute atomic E-state index is 11.6. The molecular weight excluding hydrogens is 368 g/mol. The molecule has 0 aliphatic heterocycles. The first kappa shape index (κ1) is 22.0. The van der Waals surface area contributed by atoms with E-state index in [9.17, 15) is 9.59 Å². The van der Waals surface area contributed by atoms with Crippen LogP contribution in [0, 0.1) is 0 Å². The lowest BCUT2D eigenvalue weighted by Crippen LogP contribution is -2.00. The van der Waals surface area contributed by atoms with E-state index in [-0.39, 0.29) is 11.9 Å². The van der Waals surface area contributed by atoms with E-state index in [1.54, 1.807) is 13.8 Å². The van der Waals surface area contributed by atoms with Crippen molar-refractivity contribution in [2.24, 2.45) is 0 Å². The minimum absolute atomic E-state index is 0.343. The van der Waals surface area contributed by atoms with Gasteiger partial charge in [0, 0.05) is 12.2 Å². The third-order valence-electron chi connectivity index (χ3n) is 4.08. The van der Waals surface area contributed by atoms with Gasteiger partial charge in [-0.3, -0.25) is 0 Å². The lowest BCUT2D eigenvalue weighted by Gasteiger charge is -2.09. The van der Waals surface area contributed by atoms with Crippen LogP contribution < -0.4 is 4.74 Å². The highest BCUT2D eigenvalue weighted by Crippen LogP contribution is 2.26. The summed E-state index contributed by atoms with van der Waals surface area (Å²) in [5, 5.41) is 0. The van der Waals surface area contributed by atoms with E-state index in [2.05, 4.69) is 0 Å². The van der Waals surface area contributed by atoms with Gasteiger partial charge in [0.15, 0.2) is 0 Å². The van der Waals surface area contributed by atoms with Gasteiger partial charge < -0.3 is 14.2 Å². The molecule has 0 saturated heterocycles. The molecule has 0 N–H and O–H groups in total. The molecule has 0 bridgehead atoms. The summed E-state index contributed by atoms with van der Waals surface area (Å²) in [6.07, 6.45) is 2.94. The van der Waals surface area contributed by atoms with E-state index >= 15 is 0 Å². The van der Waals surface area contributed by atoms with Crippen molar-refractivity contribution in [1.82, 2.24) is 0 Å². The van der Waals surface area contributed by atoms with Crippen LogP contribution >= 0.6 is 0 Å². The van der Waals surface area contributed by atoms with Gasteiger partial charge in [-0.1, -0.05) is 24.3 Å². The van der Waals surface area contributed by atoms with E-state index in [0.29, 0.717) is 24.7 Å². The molecule has 5 nitrogen and oxygen atoms in total. The Bertz CT molecular complexity index is 907. The monoisotopic (exact) mass is 394 g/mol. The van der Waals surface area contributed by atoms with Crippen molar-refractivity contribution < 1.29 is 23.8 Å². The van der Waals surface area contributed by atoms with Crippen LogP contribution in [0.4, 0.5) is 0 Å². The van der Waals surface area contributed by atoms with Crippen LogP contribution in [0.15, 0.2) is 60.7 Å². The molecule has 0 aromatic heterocycles. The lowest BCUT2D eigenvalue weighted by atomic mass is 10.1. The Labute approximate surface area is 171 Å². The molecule has 0 aliphatic carbocycles. The Balaban J connectivity index is 2.11. The van der Waals surface area contributed by atoms with Crippen LogP contribution in [0.25, 0.3) is 11.1 Å². The van der Waals surface area contributed by atoms with E-state index in [1.165, 1.54) is 12.2 Å². The van der Waals surface area contributed by atoms with Gasteiger partial charge in [-0.15, -0.1) is 0 Å². The summed E-state index contributed by atoms with van der Waals surface area (Å²) in [7, 11) is 0. The molecule has 0 unspecified atom stereocenters. The fourth-order valence-electron chi connectivity index (χ4n) is 2.61. The summed E-state index contributed by atoms with van der Waals surface area (Å²) in [5.41, 5.74) is 3.40. The average molecular weight is 394 g/mol. The van der Waals surface area contributed by atoms with Gasteiger partial charge in [0.05, 0.1) is 13.2 Å². The molecule has 2 aromatic rings. The topological polar surface area (TPSA) is 61.8 Å². The second-order valence-electron chi connectivity index (χ2n) is 6.31. The van der Waals surface area contributed by atoms with Gasteiger partial charge in [0.25, 0.3) is 0 Å². The van der Waals surface area contributed by atoms with Crippen LogP contribution in [0.5, 0.6) is 11.5 Å². The highest BCUT2D eigenvalue weighted by atomic mass is 16.5. The van der Waals surface area contributed by atoms with Gasteiger partial charge in [-0.2, -0.15) is 0 Å². The molecule has 29 heavy (non-hydrogen) atoms. The standard InChI is InChI=1S/C24H26O5/c1-5-27-23(25)14-17(3)19-10-12-21(13-11-19)29-22-9-7-8-20(16-22)18(4)15-24(26)28-6-2/h7-16H,5-6H2,1-4H3. The Hall–Kier alpha value is -3.34. The molecular formula is C24H26O5. The number of allylic oxidation sites excluding steroid dienone is 2. The second kappa shape index (κ2) is 10.9. The van der Waals surface area contributed by atoms with E-state index in [0.717, 1.165) is 22.3 Å². The number of ether oxygens (including phenoxy) is 3. The highest BCUT2D eigenvalue weighted by molar-refractivity contribution is 5.91. The first-order chi connectivity index (χ1) is 13.9. The van der Waals surface area contributed by atoms with Crippen LogP contribution in [0.2, 0.25) is 0 Å². The zero-order chi connectivity index (χ0) is 21.2. The number of rotatable bonds is 8. The Morgan fingerprint density at radius 1 is 0.759 bits per heavy atom. The van der Waals surface area contributed by atoms with Gasteiger partial charge in [0.1, 0.15) is 11.5 Å². The van der Waals surface area contributed by atoms with Crippen molar-refractivity contribution in [3.8, 4) is 11.5 Å². The van der Waals surface area contributed by atoms with Gasteiger partial charge in [0.2, 0.25) is 0 Å². The van der Waals surface area contributed by atoms with Crippen molar-refractivity contribution in [2.75, 3.05) is 13.2 Å². The van der Waals surface area contributed by atoms with E-state index in [4.69, 9.17) is 14.2 Å². The molecule has 0 radical (unpaired) electrons. The number of carbonyl (C=O) groups excluding carboxylic acids is 2. The number of carbonyl (C=O) groups is 2. The van der Waals surface area contributed by atoms with Crippen LogP contribution in [0.1, 0.15) is 38.8 Å². The van der Waals surface area contributed by atoms with Crippen molar-refractivity contribution in [3.05, 3.63) is 71.8 Å². The van der Waals surface area contributed by atoms with Crippen LogP contribution in [-0.2, 0) is 19.1 Å². The molecule has 0 amide bonds. The minimum Gasteiger partial charge on any atom is -0.463 e. The van der Waals surface area contributed by atoms with Crippen molar-refractivity contribution in [2.45, 2.75) is 27.7 Å². The first-order valence-corrected chi connectivity index (χ1v) is 9.51. The van der Waals surface area contributed by atoms with Crippen molar-refractivity contribution >= 4 is 23.1 Å². The quantitative estimate of drug-likeness (QED) is 0.442. The predicted molar refractivity (Wildman–Crippen MR) is 114 cm³/mol. The van der Waals surface area contributed by atoms with Gasteiger partial charge in [-0.25, -0.2) is 9.59 Å². The fraction of sp³-hybridized carbons (Fsp3) is 0.250. The fourth-order valence-corrected chi connectivity index (χ4v) is 2.61. The SMILES string of the molecule is CCOC(=O)C=C(C)c1ccc(Oc2cccc(C(C)=CC(=O)OCC)c2)cc1. The summed E-state index contributed by atoms with van der Waals surface area (Å²) in [6.45, 7) is 7.95. The van der Waals surface area contributed by atoms with Crippen molar-refractivity contribution in [1.29, 1.82) is 0 Å². The minimum atomic E-state index is -0.363. The van der Waals surface area contributed by atoms with Crippen LogP contribution in [0.3, 0.4) is 0 Å². The summed E-state index contributed by atoms with van der Waals surface area (Å²) in [5.74, 6) is 0.610. The molecule has 0 saturated carbocycles. The summed E-state index contributed by atoms with van der Waals surface area (Å²) < 4.78 is 15.8. The summed E-state index contributed by atoms with van der Waals surface area (Å²) in [4.78, 5) is 23.2. The molecule has 0 spiro atoms. The van der Waals surface area contributed by atoms with Gasteiger partial charge in [-0.05, 0) is 74.2 Å². The third-order valence-corrected chi connectivity index (χ3v) is 4.08. The number of benzene rings is 2. The predicted octanol–water partition coefficient (Wildman–Crippen LogP) is 5.41. The molecule has 2 rings (SSSR count). The van der Waals surface area contributed by atoms with Crippen molar-refractivity contribution in [3.63, 3.8) is 0 Å². The molecule has 0 aliphatic rings. The Morgan fingerprint density at radius 2 is 1.31 bits per heavy atom. The smallest absolute Gasteiger partial charge is 0.331 e. The zero-order valence-electron chi connectivity index (χ0n) is 17.2. The lowest BCUT2D eigenvalue weighted by molar-refractivity contribution is -0.138. The molecule has 152 valence electrons. The normalized spacial score (nSPS) is 11.7. The molecule has 0 heterocycles. The van der Waals surface area contributed by atoms with E-state index in [1.807, 2.05) is 62.4 Å². The maximum atomic E-state index is 11.6. The zero-order valence-corrected chi connectivity index (χ0v) is 17.2. The third kappa shape index (κ3) is 6.96. The molecule has 2 aromatic carbocycles. The Morgan fingerprint density at radius 3 is 1.86 bits per heavy atom. The molecule has 0 atom stereocenters. The number of hydrogen-bond donors (Lipinski definition) is 0. The number of hydrogen-bond acceptors (Lipinski definition) is 5. The number of esters is 2. The summed E-state index contributed by atoms with van der Waals surface area (Å²) >= 11 is 0. The largest absolute Gasteiger partial charge is 0.463 e. The second-order valence-corrected chi connectivity index (χ2v) is 6.31. The molecule has 5 heteroatoms. The maximum Gasteiger partial charge on any atom is 0.331 e. The first-order valence-electron chi connectivity index (χ1n) is 9.51. The average Bonchev–Trinajstić information content (AvgIpc) is 2.69. The summed E-state index contributed by atoms with van der Waals surface area (Å²) in [6, 6.07) is 14.9. The molecule has 0 fully saturated rings. The van der Waals surface area contributed by atoms with E-state index < -0.39 is 0 Å². The highest BCUT2D eigenvalue weighted by Gasteiger charge is 2.05. The van der Waals surface area contributed by atoms with Crippen LogP contribution in [-0.4, -0.2) is 25.2 Å².